The van der Waals surface area contributed by atoms with E-state index in [9.17, 15) is 14.0 Å². The van der Waals surface area contributed by atoms with Crippen LogP contribution in [0.4, 0.5) is 20.2 Å². The Balaban J connectivity index is 1.06. The van der Waals surface area contributed by atoms with Gasteiger partial charge in [-0.15, -0.1) is 11.3 Å². The van der Waals surface area contributed by atoms with Crippen LogP contribution in [0.2, 0.25) is 0 Å². The van der Waals surface area contributed by atoms with Gasteiger partial charge < -0.3 is 20.3 Å². The number of carbonyl (C=O) groups excluding carboxylic acids is 2. The number of anilines is 2. The van der Waals surface area contributed by atoms with E-state index in [2.05, 4.69) is 58.0 Å². The van der Waals surface area contributed by atoms with E-state index in [1.165, 1.54) is 58.2 Å². The molecule has 2 aromatic heterocycles. The van der Waals surface area contributed by atoms with Crippen LogP contribution in [-0.2, 0) is 16.1 Å². The number of pyridine rings is 1. The number of nitrogens with two attached hydrogens (primary N) is 1. The number of hydrogen-bond donors (Lipinski definition) is 1. The second-order valence-corrected chi connectivity index (χ2v) is 14.5. The zero-order chi connectivity index (χ0) is 35.7. The fourth-order valence-corrected chi connectivity index (χ4v) is 7.47. The van der Waals surface area contributed by atoms with Gasteiger partial charge in [-0.1, -0.05) is 24.3 Å². The molecule has 1 aliphatic carbocycles. The third kappa shape index (κ3) is 7.50. The van der Waals surface area contributed by atoms with E-state index >= 15 is 4.39 Å². The van der Waals surface area contributed by atoms with Crippen molar-refractivity contribution < 1.29 is 23.1 Å². The van der Waals surface area contributed by atoms with E-state index in [0.717, 1.165) is 72.5 Å². The van der Waals surface area contributed by atoms with Gasteiger partial charge in [-0.25, -0.2) is 8.78 Å². The molecule has 264 valence electrons. The van der Waals surface area contributed by atoms with Crippen molar-refractivity contribution in [2.24, 2.45) is 11.1 Å². The van der Waals surface area contributed by atoms with Crippen molar-refractivity contribution in [2.45, 2.75) is 19.4 Å². The molecule has 2 N–H and O–H groups in total. The molecule has 51 heavy (non-hydrogen) atoms. The van der Waals surface area contributed by atoms with E-state index in [-0.39, 0.29) is 17.1 Å². The summed E-state index contributed by atoms with van der Waals surface area (Å²) in [6, 6.07) is 21.5. The molecule has 2 fully saturated rings. The molecule has 9 nitrogen and oxygen atoms in total. The van der Waals surface area contributed by atoms with Crippen molar-refractivity contribution in [2.75, 3.05) is 58.3 Å². The average molecular weight is 711 g/mol. The first-order valence-corrected chi connectivity index (χ1v) is 17.9. The molecule has 2 amide bonds. The molecule has 2 aliphatic rings. The molecule has 0 radical (unpaired) electrons. The highest BCUT2D eigenvalue weighted by atomic mass is 32.1. The van der Waals surface area contributed by atoms with Gasteiger partial charge in [0, 0.05) is 74.7 Å². The number of ether oxygens (including phenoxy) is 1. The highest BCUT2D eigenvalue weighted by Gasteiger charge is 2.57. The van der Waals surface area contributed by atoms with Gasteiger partial charge in [0.25, 0.3) is 0 Å². The first kappa shape index (κ1) is 34.7. The third-order valence-corrected chi connectivity index (χ3v) is 11.0. The van der Waals surface area contributed by atoms with Crippen LogP contribution >= 0.6 is 11.3 Å². The number of fused-ring (bicyclic) bond motifs is 1. The lowest BCUT2D eigenvalue weighted by Gasteiger charge is -2.33. The summed E-state index contributed by atoms with van der Waals surface area (Å²) in [5.74, 6) is -2.15. The van der Waals surface area contributed by atoms with Gasteiger partial charge in [0.15, 0.2) is 11.6 Å². The fraction of sp³-hybridized carbons (Fsp3) is 0.308. The second kappa shape index (κ2) is 14.5. The number of thiophene rings is 1. The Labute approximate surface area is 299 Å². The lowest BCUT2D eigenvalue weighted by atomic mass is 10.0. The second-order valence-electron chi connectivity index (χ2n) is 13.5. The minimum absolute atomic E-state index is 0.0511. The quantitative estimate of drug-likeness (QED) is 0.145. The number of halogens is 2. The lowest BCUT2D eigenvalue weighted by Crippen LogP contribution is -2.46. The molecule has 1 aliphatic heterocycles. The number of hydrogen-bond acceptors (Lipinski definition) is 8. The van der Waals surface area contributed by atoms with Crippen molar-refractivity contribution in [3.63, 3.8) is 0 Å². The van der Waals surface area contributed by atoms with Gasteiger partial charge in [0.05, 0.1) is 15.9 Å². The van der Waals surface area contributed by atoms with Crippen molar-refractivity contribution in [3.8, 4) is 21.9 Å². The SMILES string of the molecule is CN1CCN(CCN(C)Cc2ccc(-c3cc4nccc(Oc5ccc(N(C(=O)C6(C(N)=O)CC6)c6ccc(F)cc6)cc5F)c4s3)cc2)CC1. The number of piperazine rings is 1. The van der Waals surface area contributed by atoms with E-state index in [4.69, 9.17) is 10.5 Å². The van der Waals surface area contributed by atoms with Crippen molar-refractivity contribution in [1.29, 1.82) is 0 Å². The maximum atomic E-state index is 15.7. The molecule has 1 saturated heterocycles. The molecule has 3 heterocycles. The largest absolute Gasteiger partial charge is 0.453 e. The van der Waals surface area contributed by atoms with Crippen LogP contribution in [0.25, 0.3) is 20.7 Å². The smallest absolute Gasteiger partial charge is 0.247 e. The molecule has 3 aromatic carbocycles. The van der Waals surface area contributed by atoms with E-state index in [1.807, 2.05) is 6.07 Å². The molecular formula is C39H40F2N6O3S. The molecule has 0 unspecified atom stereocenters. The van der Waals surface area contributed by atoms with Gasteiger partial charge in [0.1, 0.15) is 17.0 Å². The Bertz CT molecular complexity index is 2040. The molecule has 1 saturated carbocycles. The van der Waals surface area contributed by atoms with Gasteiger partial charge in [0.2, 0.25) is 11.8 Å². The van der Waals surface area contributed by atoms with Crippen LogP contribution in [0.15, 0.2) is 85.1 Å². The summed E-state index contributed by atoms with van der Waals surface area (Å²) in [5, 5.41) is 0. The van der Waals surface area contributed by atoms with E-state index in [0.29, 0.717) is 18.6 Å². The highest BCUT2D eigenvalue weighted by molar-refractivity contribution is 7.22. The Kier molecular flexibility index (Phi) is 9.84. The first-order chi connectivity index (χ1) is 24.6. The molecule has 0 spiro atoms. The summed E-state index contributed by atoms with van der Waals surface area (Å²) in [6.45, 7) is 7.44. The maximum absolute atomic E-state index is 15.7. The number of rotatable bonds is 12. The molecule has 7 rings (SSSR count). The Hall–Kier alpha value is -4.75. The average Bonchev–Trinajstić information content (AvgIpc) is 3.83. The number of amides is 2. The number of likely N-dealkylation sites (N-methyl/N-ethyl adjacent to an activating group) is 2. The maximum Gasteiger partial charge on any atom is 0.247 e. The predicted molar refractivity (Wildman–Crippen MR) is 196 cm³/mol. The molecule has 12 heteroatoms. The van der Waals surface area contributed by atoms with Crippen LogP contribution < -0.4 is 15.4 Å². The number of benzene rings is 3. The van der Waals surface area contributed by atoms with Crippen LogP contribution in [0.3, 0.4) is 0 Å². The first-order valence-electron chi connectivity index (χ1n) is 17.0. The number of nitrogens with zero attached hydrogens (tertiary/aromatic N) is 5. The van der Waals surface area contributed by atoms with Gasteiger partial charge >= 0.3 is 0 Å². The number of aromatic nitrogens is 1. The molecule has 0 bridgehead atoms. The lowest BCUT2D eigenvalue weighted by molar-refractivity contribution is -0.133. The van der Waals surface area contributed by atoms with Crippen LogP contribution in [-0.4, -0.2) is 84.9 Å². The van der Waals surface area contributed by atoms with Crippen LogP contribution in [0.1, 0.15) is 18.4 Å². The summed E-state index contributed by atoms with van der Waals surface area (Å²) in [4.78, 5) is 39.8. The Morgan fingerprint density at radius 1 is 0.922 bits per heavy atom. The van der Waals surface area contributed by atoms with E-state index < -0.39 is 28.9 Å². The predicted octanol–water partition coefficient (Wildman–Crippen LogP) is 6.64. The van der Waals surface area contributed by atoms with Crippen LogP contribution in [0.5, 0.6) is 11.5 Å². The highest BCUT2D eigenvalue weighted by Crippen LogP contribution is 2.49. The summed E-state index contributed by atoms with van der Waals surface area (Å²) in [7, 11) is 4.34. The monoisotopic (exact) mass is 710 g/mol. The molecule has 0 atom stereocenters. The Morgan fingerprint density at radius 2 is 1.63 bits per heavy atom. The minimum Gasteiger partial charge on any atom is -0.453 e. The summed E-state index contributed by atoms with van der Waals surface area (Å²) in [5.41, 5.74) is 7.67. The normalized spacial score (nSPS) is 16.0. The topological polar surface area (TPSA) is 95.2 Å². The standard InChI is InChI=1S/C39H40F2N6O3S/c1-44-17-20-46(21-18-44)22-19-45(2)25-26-3-5-27(6-4-26)35-24-32-36(51-35)34(13-16-43-32)50-33-12-11-30(23-31(33)41)47(29-9-7-28(40)8-10-29)38(49)39(14-15-39)37(42)48/h3-13,16,23-24H,14-15,17-22,25H2,1-2H3,(H2,42,48). The molecular weight excluding hydrogens is 671 g/mol. The Morgan fingerprint density at radius 3 is 2.29 bits per heavy atom. The fourth-order valence-electron chi connectivity index (χ4n) is 6.39. The summed E-state index contributed by atoms with van der Waals surface area (Å²) in [6.07, 6.45) is 2.21. The number of primary amides is 1. The summed E-state index contributed by atoms with van der Waals surface area (Å²) < 4.78 is 36.3. The van der Waals surface area contributed by atoms with Gasteiger partial charge in [-0.3, -0.25) is 24.4 Å². The zero-order valence-electron chi connectivity index (χ0n) is 28.6. The zero-order valence-corrected chi connectivity index (χ0v) is 29.5. The van der Waals surface area contributed by atoms with Crippen LogP contribution in [0, 0.1) is 17.0 Å². The van der Waals surface area contributed by atoms with Crippen molar-refractivity contribution >= 4 is 44.7 Å². The van der Waals surface area contributed by atoms with E-state index in [1.54, 1.807) is 12.3 Å². The van der Waals surface area contributed by atoms with Crippen molar-refractivity contribution in [1.82, 2.24) is 19.7 Å². The molecule has 5 aromatic rings. The number of carbonyl (C=O) groups is 2. The minimum atomic E-state index is -1.37. The van der Waals surface area contributed by atoms with Gasteiger partial charge in [-0.05, 0) is 80.5 Å². The van der Waals surface area contributed by atoms with Gasteiger partial charge in [-0.2, -0.15) is 0 Å². The third-order valence-electron chi connectivity index (χ3n) is 9.77. The van der Waals surface area contributed by atoms with Crippen molar-refractivity contribution in [3.05, 3.63) is 102 Å². The summed E-state index contributed by atoms with van der Waals surface area (Å²) >= 11 is 1.51.